The predicted octanol–water partition coefficient (Wildman–Crippen LogP) is 2.60. The topological polar surface area (TPSA) is 76.1 Å². The molecule has 0 aliphatic rings. The van der Waals surface area contributed by atoms with Gasteiger partial charge in [-0.3, -0.25) is 4.21 Å². The summed E-state index contributed by atoms with van der Waals surface area (Å²) in [5.41, 5.74) is 6.66. The molecule has 0 radical (unpaired) electrons. The second-order valence-corrected chi connectivity index (χ2v) is 5.73. The fraction of sp³-hybridized carbons (Fsp3) is 0.133. The Hall–Kier alpha value is -2.39. The van der Waals surface area contributed by atoms with E-state index in [9.17, 15) is 8.60 Å². The van der Waals surface area contributed by atoms with Crippen LogP contribution in [0.1, 0.15) is 11.1 Å². The molecule has 0 spiro atoms. The zero-order chi connectivity index (χ0) is 15.4. The highest BCUT2D eigenvalue weighted by molar-refractivity contribution is 7.84. The molecule has 1 unspecified atom stereocenters. The fourth-order valence-corrected chi connectivity index (χ4v) is 3.04. The van der Waals surface area contributed by atoms with Crippen molar-refractivity contribution >= 4 is 16.5 Å². The molecular weight excluding hydrogens is 291 g/mol. The van der Waals surface area contributed by atoms with Gasteiger partial charge in [0.15, 0.2) is 0 Å². The van der Waals surface area contributed by atoms with Gasteiger partial charge in [-0.1, -0.05) is 6.07 Å². The summed E-state index contributed by atoms with van der Waals surface area (Å²) >= 11 is 0. The van der Waals surface area contributed by atoms with Crippen LogP contribution in [0.25, 0.3) is 0 Å². The Kier molecular flexibility index (Phi) is 4.55. The molecule has 2 aromatic rings. The lowest BCUT2D eigenvalue weighted by Crippen LogP contribution is -2.03. The molecule has 0 aliphatic heterocycles. The molecule has 0 saturated carbocycles. The smallest absolute Gasteiger partial charge is 0.128 e. The largest absolute Gasteiger partial charge is 0.497 e. The minimum atomic E-state index is -1.50. The first-order valence-corrected chi connectivity index (χ1v) is 7.37. The number of nitriles is 1. The second-order valence-electron chi connectivity index (χ2n) is 4.31. The quantitative estimate of drug-likeness (QED) is 0.881. The van der Waals surface area contributed by atoms with Gasteiger partial charge in [0.25, 0.3) is 0 Å². The van der Waals surface area contributed by atoms with Crippen LogP contribution in [-0.2, 0) is 16.6 Å². The van der Waals surface area contributed by atoms with E-state index in [0.29, 0.717) is 16.3 Å². The summed E-state index contributed by atoms with van der Waals surface area (Å²) < 4.78 is 31.2. The summed E-state index contributed by atoms with van der Waals surface area (Å²) in [6.07, 6.45) is 0. The van der Waals surface area contributed by atoms with Gasteiger partial charge in [0.05, 0.1) is 40.2 Å². The maximum Gasteiger partial charge on any atom is 0.128 e. The predicted molar refractivity (Wildman–Crippen MR) is 78.6 cm³/mol. The lowest BCUT2D eigenvalue weighted by Gasteiger charge is -2.09. The Morgan fingerprint density at radius 2 is 2.10 bits per heavy atom. The van der Waals surface area contributed by atoms with E-state index in [1.807, 2.05) is 6.07 Å². The number of benzene rings is 2. The molecule has 108 valence electrons. The van der Waals surface area contributed by atoms with Crippen molar-refractivity contribution < 1.29 is 13.3 Å². The highest BCUT2D eigenvalue weighted by Gasteiger charge is 2.13. The molecule has 2 aromatic carbocycles. The molecule has 0 aliphatic carbocycles. The number of hydrogen-bond acceptors (Lipinski definition) is 4. The third kappa shape index (κ3) is 3.38. The second kappa shape index (κ2) is 6.37. The number of rotatable bonds is 4. The molecular formula is C15H13FN2O2S. The number of nitrogen functional groups attached to an aromatic ring is 1. The molecule has 2 N–H and O–H groups in total. The molecule has 0 amide bonds. The van der Waals surface area contributed by atoms with Gasteiger partial charge in [-0.05, 0) is 30.3 Å². The van der Waals surface area contributed by atoms with Crippen LogP contribution in [0.15, 0.2) is 41.3 Å². The third-order valence-electron chi connectivity index (χ3n) is 2.93. The number of anilines is 1. The van der Waals surface area contributed by atoms with Gasteiger partial charge >= 0.3 is 0 Å². The molecule has 21 heavy (non-hydrogen) atoms. The third-order valence-corrected chi connectivity index (χ3v) is 4.35. The Morgan fingerprint density at radius 3 is 2.71 bits per heavy atom. The highest BCUT2D eigenvalue weighted by Crippen LogP contribution is 2.25. The summed E-state index contributed by atoms with van der Waals surface area (Å²) in [5, 5.41) is 8.70. The summed E-state index contributed by atoms with van der Waals surface area (Å²) in [5.74, 6) is -0.0359. The van der Waals surface area contributed by atoms with Gasteiger partial charge in [0, 0.05) is 11.3 Å². The van der Waals surface area contributed by atoms with Crippen LogP contribution in [0.2, 0.25) is 0 Å². The van der Waals surface area contributed by atoms with E-state index in [1.54, 1.807) is 18.2 Å². The number of ether oxygens (including phenoxy) is 1. The van der Waals surface area contributed by atoms with Crippen molar-refractivity contribution in [2.75, 3.05) is 12.8 Å². The molecule has 0 saturated heterocycles. The normalized spacial score (nSPS) is 11.7. The molecule has 0 heterocycles. The van der Waals surface area contributed by atoms with Crippen molar-refractivity contribution in [1.29, 1.82) is 5.26 Å². The van der Waals surface area contributed by atoms with Gasteiger partial charge in [-0.15, -0.1) is 0 Å². The average molecular weight is 304 g/mol. The first-order valence-electron chi connectivity index (χ1n) is 6.05. The van der Waals surface area contributed by atoms with Crippen molar-refractivity contribution in [2.45, 2.75) is 10.6 Å². The Morgan fingerprint density at radius 1 is 1.33 bits per heavy atom. The molecule has 0 aromatic heterocycles. The van der Waals surface area contributed by atoms with Crippen LogP contribution in [0.5, 0.6) is 5.75 Å². The summed E-state index contributed by atoms with van der Waals surface area (Å²) in [7, 11) is -0.00607. The molecule has 4 nitrogen and oxygen atoms in total. The van der Waals surface area contributed by atoms with E-state index in [1.165, 1.54) is 19.2 Å². The maximum atomic E-state index is 13.8. The van der Waals surface area contributed by atoms with Crippen molar-refractivity contribution in [3.05, 3.63) is 53.3 Å². The number of nitrogens with zero attached hydrogens (tertiary/aromatic N) is 1. The van der Waals surface area contributed by atoms with Crippen LogP contribution in [0.3, 0.4) is 0 Å². The molecule has 1 atom stereocenters. The Labute approximate surface area is 124 Å². The minimum Gasteiger partial charge on any atom is -0.497 e. The summed E-state index contributed by atoms with van der Waals surface area (Å²) in [6, 6.07) is 10.8. The zero-order valence-corrected chi connectivity index (χ0v) is 12.1. The fourth-order valence-electron chi connectivity index (χ4n) is 1.79. The van der Waals surface area contributed by atoms with Gasteiger partial charge in [-0.25, -0.2) is 4.39 Å². The lowest BCUT2D eigenvalue weighted by molar-refractivity contribution is 0.413. The van der Waals surface area contributed by atoms with E-state index in [2.05, 4.69) is 0 Å². The molecule has 6 heteroatoms. The molecule has 0 fully saturated rings. The summed E-state index contributed by atoms with van der Waals surface area (Å²) in [6.45, 7) is 0. The Balaban J connectivity index is 2.28. The first kappa shape index (κ1) is 15.0. The SMILES string of the molecule is COc1ccc(N)c(S(=O)Cc2ccc(C#N)cc2F)c1. The molecule has 2 rings (SSSR count). The lowest BCUT2D eigenvalue weighted by atomic mass is 10.1. The van der Waals surface area contributed by atoms with Crippen molar-refractivity contribution in [3.63, 3.8) is 0 Å². The number of hydrogen-bond donors (Lipinski definition) is 1. The van der Waals surface area contributed by atoms with E-state index in [-0.39, 0.29) is 16.9 Å². The maximum absolute atomic E-state index is 13.8. The van der Waals surface area contributed by atoms with Crippen molar-refractivity contribution in [3.8, 4) is 11.8 Å². The average Bonchev–Trinajstić information content (AvgIpc) is 2.49. The zero-order valence-electron chi connectivity index (χ0n) is 11.3. The monoisotopic (exact) mass is 304 g/mol. The van der Waals surface area contributed by atoms with Crippen LogP contribution in [-0.4, -0.2) is 11.3 Å². The molecule has 0 bridgehead atoms. The van der Waals surface area contributed by atoms with Crippen LogP contribution >= 0.6 is 0 Å². The number of halogens is 1. The summed E-state index contributed by atoms with van der Waals surface area (Å²) in [4.78, 5) is 0.401. The van der Waals surface area contributed by atoms with E-state index >= 15 is 0 Å². The van der Waals surface area contributed by atoms with Gasteiger partial charge in [0.1, 0.15) is 11.6 Å². The first-order chi connectivity index (χ1) is 10.0. The Bertz CT molecular complexity index is 741. The van der Waals surface area contributed by atoms with Crippen LogP contribution in [0.4, 0.5) is 10.1 Å². The van der Waals surface area contributed by atoms with Gasteiger partial charge in [0.2, 0.25) is 0 Å². The van der Waals surface area contributed by atoms with Gasteiger partial charge in [-0.2, -0.15) is 5.26 Å². The van der Waals surface area contributed by atoms with Crippen molar-refractivity contribution in [2.24, 2.45) is 0 Å². The van der Waals surface area contributed by atoms with E-state index in [0.717, 1.165) is 6.07 Å². The minimum absolute atomic E-state index is 0.0189. The number of methoxy groups -OCH3 is 1. The van der Waals surface area contributed by atoms with E-state index < -0.39 is 16.6 Å². The van der Waals surface area contributed by atoms with Crippen LogP contribution < -0.4 is 10.5 Å². The number of nitrogens with two attached hydrogens (primary N) is 1. The highest BCUT2D eigenvalue weighted by atomic mass is 32.2. The standard InChI is InChI=1S/C15H13FN2O2S/c1-20-12-4-5-14(18)15(7-12)21(19)9-11-3-2-10(8-17)6-13(11)16/h2-7H,9,18H2,1H3. The van der Waals surface area contributed by atoms with E-state index in [4.69, 9.17) is 15.7 Å². The van der Waals surface area contributed by atoms with Crippen molar-refractivity contribution in [1.82, 2.24) is 0 Å². The van der Waals surface area contributed by atoms with Crippen LogP contribution in [0, 0.1) is 17.1 Å². The van der Waals surface area contributed by atoms with Gasteiger partial charge < -0.3 is 10.5 Å².